The highest BCUT2D eigenvalue weighted by atomic mass is 16.2. The number of likely N-dealkylation sites (tertiary alicyclic amines) is 1. The minimum absolute atomic E-state index is 0.0885. The van der Waals surface area contributed by atoms with Gasteiger partial charge in [0.05, 0.1) is 5.54 Å². The molecule has 0 aromatic heterocycles. The molecule has 1 saturated heterocycles. The fourth-order valence-corrected chi connectivity index (χ4v) is 2.34. The molecule has 0 bridgehead atoms. The zero-order valence-electron chi connectivity index (χ0n) is 9.24. The van der Waals surface area contributed by atoms with E-state index in [0.29, 0.717) is 13.0 Å². The second-order valence-corrected chi connectivity index (χ2v) is 4.00. The summed E-state index contributed by atoms with van der Waals surface area (Å²) in [6.07, 6.45) is 8.75. The van der Waals surface area contributed by atoms with Crippen molar-refractivity contribution in [1.82, 2.24) is 4.90 Å². The van der Waals surface area contributed by atoms with Gasteiger partial charge < -0.3 is 4.90 Å². The lowest BCUT2D eigenvalue weighted by Crippen LogP contribution is -2.45. The maximum atomic E-state index is 11.7. The third kappa shape index (κ3) is 2.20. The van der Waals surface area contributed by atoms with Crippen LogP contribution in [0.1, 0.15) is 25.7 Å². The number of amides is 1. The first-order chi connectivity index (χ1) is 7.20. The summed E-state index contributed by atoms with van der Waals surface area (Å²) in [6.45, 7) is 11.9. The minimum Gasteiger partial charge on any atom is -0.333 e. The molecule has 0 unspecified atom stereocenters. The average Bonchev–Trinajstić information content (AvgIpc) is 2.49. The molecule has 0 aromatic carbocycles. The van der Waals surface area contributed by atoms with Crippen LogP contribution in [-0.4, -0.2) is 22.9 Å². The third-order valence-electron chi connectivity index (χ3n) is 3.04. The topological polar surface area (TPSA) is 20.3 Å². The highest BCUT2D eigenvalue weighted by Gasteiger charge is 2.42. The van der Waals surface area contributed by atoms with Crippen LogP contribution in [0.15, 0.2) is 38.0 Å². The zero-order chi connectivity index (χ0) is 11.3. The van der Waals surface area contributed by atoms with Crippen molar-refractivity contribution in [2.24, 2.45) is 0 Å². The van der Waals surface area contributed by atoms with Crippen LogP contribution in [0.5, 0.6) is 0 Å². The van der Waals surface area contributed by atoms with Crippen molar-refractivity contribution < 1.29 is 4.79 Å². The molecule has 1 aliphatic heterocycles. The van der Waals surface area contributed by atoms with Gasteiger partial charge in [0.25, 0.3) is 0 Å². The third-order valence-corrected chi connectivity index (χ3v) is 3.04. The van der Waals surface area contributed by atoms with Crippen LogP contribution in [0.3, 0.4) is 0 Å². The summed E-state index contributed by atoms with van der Waals surface area (Å²) in [7, 11) is 0. The number of hydrogen-bond acceptors (Lipinski definition) is 1. The molecular formula is C13H19NO. The Hall–Kier alpha value is -1.31. The van der Waals surface area contributed by atoms with E-state index in [4.69, 9.17) is 0 Å². The van der Waals surface area contributed by atoms with Gasteiger partial charge in [-0.25, -0.2) is 0 Å². The number of nitrogens with zero attached hydrogens (tertiary/aromatic N) is 1. The first kappa shape index (κ1) is 11.8. The summed E-state index contributed by atoms with van der Waals surface area (Å²) < 4.78 is 0. The molecule has 0 radical (unpaired) electrons. The van der Waals surface area contributed by atoms with Gasteiger partial charge in [-0.1, -0.05) is 18.2 Å². The number of hydrogen-bond donors (Lipinski definition) is 0. The summed E-state index contributed by atoms with van der Waals surface area (Å²) in [5.74, 6) is 0.221. The molecule has 1 amide bonds. The van der Waals surface area contributed by atoms with Gasteiger partial charge in [0.2, 0.25) is 5.91 Å². The Balaban J connectivity index is 2.92. The molecule has 2 nitrogen and oxygen atoms in total. The summed E-state index contributed by atoms with van der Waals surface area (Å²) in [5, 5.41) is 0. The van der Waals surface area contributed by atoms with Crippen LogP contribution in [0.4, 0.5) is 0 Å². The Labute approximate surface area is 92.0 Å². The van der Waals surface area contributed by atoms with Crippen molar-refractivity contribution in [3.05, 3.63) is 38.0 Å². The molecule has 1 fully saturated rings. The van der Waals surface area contributed by atoms with E-state index in [1.54, 1.807) is 6.08 Å². The van der Waals surface area contributed by atoms with E-state index >= 15 is 0 Å². The summed E-state index contributed by atoms with van der Waals surface area (Å²) in [5.41, 5.74) is -0.0885. The van der Waals surface area contributed by atoms with Gasteiger partial charge in [0.1, 0.15) is 0 Å². The normalized spacial score (nSPS) is 18.9. The molecule has 1 aliphatic rings. The molecule has 1 heterocycles. The lowest BCUT2D eigenvalue weighted by Gasteiger charge is -2.36. The molecule has 2 heteroatoms. The maximum Gasteiger partial charge on any atom is 0.223 e. The molecule has 0 atom stereocenters. The van der Waals surface area contributed by atoms with Crippen molar-refractivity contribution in [1.29, 1.82) is 0 Å². The van der Waals surface area contributed by atoms with Crippen molar-refractivity contribution in [3.63, 3.8) is 0 Å². The molecule has 82 valence electrons. The van der Waals surface area contributed by atoms with Crippen molar-refractivity contribution >= 4 is 5.91 Å². The average molecular weight is 205 g/mol. The van der Waals surface area contributed by atoms with E-state index in [0.717, 1.165) is 19.3 Å². The van der Waals surface area contributed by atoms with E-state index in [2.05, 4.69) is 19.7 Å². The molecule has 15 heavy (non-hydrogen) atoms. The summed E-state index contributed by atoms with van der Waals surface area (Å²) in [4.78, 5) is 13.7. The molecule has 0 aromatic rings. The fourth-order valence-electron chi connectivity index (χ4n) is 2.34. The van der Waals surface area contributed by atoms with Crippen LogP contribution in [0.2, 0.25) is 0 Å². The first-order valence-electron chi connectivity index (χ1n) is 5.33. The van der Waals surface area contributed by atoms with Crippen LogP contribution in [0.25, 0.3) is 0 Å². The Morgan fingerprint density at radius 3 is 2.27 bits per heavy atom. The fraction of sp³-hybridized carbons (Fsp3) is 0.462. The zero-order valence-corrected chi connectivity index (χ0v) is 9.24. The SMILES string of the molecule is C=CCN1C(=O)CCC1(CC=C)CC=C. The lowest BCUT2D eigenvalue weighted by atomic mass is 9.88. The van der Waals surface area contributed by atoms with E-state index in [1.165, 1.54) is 0 Å². The van der Waals surface area contributed by atoms with Crippen molar-refractivity contribution in [3.8, 4) is 0 Å². The number of rotatable bonds is 6. The van der Waals surface area contributed by atoms with Gasteiger partial charge in [-0.3, -0.25) is 4.79 Å². The second-order valence-electron chi connectivity index (χ2n) is 4.00. The predicted molar refractivity (Wildman–Crippen MR) is 63.5 cm³/mol. The molecule has 0 aliphatic carbocycles. The molecule has 0 saturated carbocycles. The van der Waals surface area contributed by atoms with Gasteiger partial charge in [0, 0.05) is 13.0 Å². The Morgan fingerprint density at radius 1 is 1.20 bits per heavy atom. The predicted octanol–water partition coefficient (Wildman–Crippen LogP) is 2.69. The van der Waals surface area contributed by atoms with Crippen molar-refractivity contribution in [2.75, 3.05) is 6.54 Å². The lowest BCUT2D eigenvalue weighted by molar-refractivity contribution is -0.130. The Kier molecular flexibility index (Phi) is 3.89. The van der Waals surface area contributed by atoms with E-state index in [1.807, 2.05) is 17.1 Å². The van der Waals surface area contributed by atoms with Crippen LogP contribution < -0.4 is 0 Å². The number of carbonyl (C=O) groups excluding carboxylic acids is 1. The van der Waals surface area contributed by atoms with E-state index in [9.17, 15) is 4.79 Å². The highest BCUT2D eigenvalue weighted by molar-refractivity contribution is 5.80. The highest BCUT2D eigenvalue weighted by Crippen LogP contribution is 2.36. The minimum atomic E-state index is -0.0885. The van der Waals surface area contributed by atoms with Crippen LogP contribution in [0, 0.1) is 0 Å². The summed E-state index contributed by atoms with van der Waals surface area (Å²) >= 11 is 0. The van der Waals surface area contributed by atoms with Gasteiger partial charge in [-0.15, -0.1) is 19.7 Å². The van der Waals surface area contributed by atoms with Gasteiger partial charge in [-0.05, 0) is 19.3 Å². The molecule has 0 N–H and O–H groups in total. The number of carbonyl (C=O) groups is 1. The standard InChI is InChI=1S/C13H19NO/c1-4-8-13(9-5-2)10-7-12(15)14(13)11-6-3/h4-6H,1-3,7-11H2. The first-order valence-corrected chi connectivity index (χ1v) is 5.33. The molecule has 0 spiro atoms. The Morgan fingerprint density at radius 2 is 1.80 bits per heavy atom. The summed E-state index contributed by atoms with van der Waals surface area (Å²) in [6, 6.07) is 0. The largest absolute Gasteiger partial charge is 0.333 e. The quantitative estimate of drug-likeness (QED) is 0.610. The molecule has 1 rings (SSSR count). The van der Waals surface area contributed by atoms with Gasteiger partial charge in [0.15, 0.2) is 0 Å². The Bertz CT molecular complexity index is 270. The molecular weight excluding hydrogens is 186 g/mol. The van der Waals surface area contributed by atoms with E-state index < -0.39 is 0 Å². The smallest absolute Gasteiger partial charge is 0.223 e. The monoisotopic (exact) mass is 205 g/mol. The maximum absolute atomic E-state index is 11.7. The second kappa shape index (κ2) is 4.96. The van der Waals surface area contributed by atoms with Gasteiger partial charge >= 0.3 is 0 Å². The van der Waals surface area contributed by atoms with Gasteiger partial charge in [-0.2, -0.15) is 0 Å². The van der Waals surface area contributed by atoms with Crippen LogP contribution in [-0.2, 0) is 4.79 Å². The van der Waals surface area contributed by atoms with Crippen molar-refractivity contribution in [2.45, 2.75) is 31.2 Å². The van der Waals surface area contributed by atoms with E-state index in [-0.39, 0.29) is 11.4 Å². The van der Waals surface area contributed by atoms with Crippen LogP contribution >= 0.6 is 0 Å².